The van der Waals surface area contributed by atoms with E-state index in [1.54, 1.807) is 12.1 Å². The summed E-state index contributed by atoms with van der Waals surface area (Å²) in [4.78, 5) is 19.9. The maximum Gasteiger partial charge on any atom is 0.347 e. The number of hydrogen-bond donors (Lipinski definition) is 1. The lowest BCUT2D eigenvalue weighted by Crippen LogP contribution is -2.20. The number of aromatic nitrogens is 1. The molecule has 2 aromatic carbocycles. The standard InChI is InChI=1S/C25H29N3O3/c1-5-16-26-23-22(30-17-19-12-8-6-9-13-19)21(18(2)24(27-23)28(3)4)25(29)31-20-14-10-7-11-15-20/h6-15H,5,16-17H2,1-4H3,(H,26,27). The van der Waals surface area contributed by atoms with Gasteiger partial charge in [0.05, 0.1) is 0 Å². The molecular weight excluding hydrogens is 390 g/mol. The number of esters is 1. The SMILES string of the molecule is CCCNc1nc(N(C)C)c(C)c(C(=O)Oc2ccccc2)c1OCc1ccccc1. The van der Waals surface area contributed by atoms with Gasteiger partial charge in [-0.05, 0) is 31.0 Å². The first kappa shape index (κ1) is 22.2. The lowest BCUT2D eigenvalue weighted by Gasteiger charge is -2.22. The normalized spacial score (nSPS) is 10.5. The van der Waals surface area contributed by atoms with E-state index in [-0.39, 0.29) is 0 Å². The summed E-state index contributed by atoms with van der Waals surface area (Å²) in [6, 6.07) is 18.9. The van der Waals surface area contributed by atoms with Crippen molar-refractivity contribution in [1.82, 2.24) is 4.98 Å². The summed E-state index contributed by atoms with van der Waals surface area (Å²) in [7, 11) is 3.80. The van der Waals surface area contributed by atoms with Crippen LogP contribution in [0, 0.1) is 6.92 Å². The van der Waals surface area contributed by atoms with Gasteiger partial charge in [0.2, 0.25) is 0 Å². The first-order valence-electron chi connectivity index (χ1n) is 10.4. The van der Waals surface area contributed by atoms with Crippen molar-refractivity contribution in [3.63, 3.8) is 0 Å². The largest absolute Gasteiger partial charge is 0.484 e. The molecule has 1 heterocycles. The number of benzene rings is 2. The molecule has 0 aliphatic rings. The lowest BCUT2D eigenvalue weighted by molar-refractivity contribution is 0.0729. The number of hydrogen-bond acceptors (Lipinski definition) is 6. The van der Waals surface area contributed by atoms with Crippen LogP contribution in [-0.2, 0) is 6.61 Å². The van der Waals surface area contributed by atoms with Crippen LogP contribution in [0.1, 0.15) is 34.8 Å². The van der Waals surface area contributed by atoms with E-state index in [1.165, 1.54) is 0 Å². The number of ether oxygens (including phenoxy) is 2. The molecule has 0 amide bonds. The van der Waals surface area contributed by atoms with Crippen LogP contribution >= 0.6 is 0 Å². The molecule has 0 saturated carbocycles. The van der Waals surface area contributed by atoms with Gasteiger partial charge >= 0.3 is 5.97 Å². The Labute approximate surface area is 183 Å². The second-order valence-corrected chi connectivity index (χ2v) is 7.41. The smallest absolute Gasteiger partial charge is 0.347 e. The number of pyridine rings is 1. The van der Waals surface area contributed by atoms with E-state index >= 15 is 0 Å². The van der Waals surface area contributed by atoms with Crippen LogP contribution in [-0.4, -0.2) is 31.6 Å². The third-order valence-electron chi connectivity index (χ3n) is 4.72. The predicted molar refractivity (Wildman–Crippen MR) is 124 cm³/mol. The molecule has 0 radical (unpaired) electrons. The molecule has 162 valence electrons. The fourth-order valence-electron chi connectivity index (χ4n) is 3.20. The predicted octanol–water partition coefficient (Wildman–Crippen LogP) is 5.08. The van der Waals surface area contributed by atoms with Gasteiger partial charge in [-0.1, -0.05) is 55.5 Å². The Balaban J connectivity index is 2.06. The van der Waals surface area contributed by atoms with Gasteiger partial charge in [0, 0.05) is 26.2 Å². The molecule has 3 rings (SSSR count). The van der Waals surface area contributed by atoms with Gasteiger partial charge in [0.15, 0.2) is 11.6 Å². The second kappa shape index (κ2) is 10.5. The molecule has 1 N–H and O–H groups in total. The van der Waals surface area contributed by atoms with Crippen molar-refractivity contribution in [2.75, 3.05) is 30.9 Å². The van der Waals surface area contributed by atoms with E-state index in [2.05, 4.69) is 12.2 Å². The average molecular weight is 420 g/mol. The van der Waals surface area contributed by atoms with Crippen molar-refractivity contribution < 1.29 is 14.3 Å². The molecule has 0 saturated heterocycles. The summed E-state index contributed by atoms with van der Waals surface area (Å²) in [5, 5.41) is 3.31. The summed E-state index contributed by atoms with van der Waals surface area (Å²) in [6.07, 6.45) is 0.911. The summed E-state index contributed by atoms with van der Waals surface area (Å²) >= 11 is 0. The Kier molecular flexibility index (Phi) is 7.49. The Morgan fingerprint density at radius 3 is 2.29 bits per heavy atom. The molecule has 31 heavy (non-hydrogen) atoms. The third-order valence-corrected chi connectivity index (χ3v) is 4.72. The number of anilines is 2. The number of nitrogens with one attached hydrogen (secondary N) is 1. The van der Waals surface area contributed by atoms with Crippen LogP contribution < -0.4 is 19.7 Å². The van der Waals surface area contributed by atoms with Crippen LogP contribution in [0.3, 0.4) is 0 Å². The summed E-state index contributed by atoms with van der Waals surface area (Å²) in [6.45, 7) is 4.96. The topological polar surface area (TPSA) is 63.7 Å². The third kappa shape index (κ3) is 5.54. The fourth-order valence-corrected chi connectivity index (χ4v) is 3.20. The average Bonchev–Trinajstić information content (AvgIpc) is 2.77. The highest BCUT2D eigenvalue weighted by Crippen LogP contribution is 2.36. The van der Waals surface area contributed by atoms with Crippen LogP contribution in [0.25, 0.3) is 0 Å². The highest BCUT2D eigenvalue weighted by Gasteiger charge is 2.26. The molecule has 3 aromatic rings. The highest BCUT2D eigenvalue weighted by molar-refractivity contribution is 5.98. The van der Waals surface area contributed by atoms with Gasteiger partial charge in [-0.3, -0.25) is 0 Å². The van der Waals surface area contributed by atoms with E-state index in [1.807, 2.05) is 74.4 Å². The number of carbonyl (C=O) groups is 1. The van der Waals surface area contributed by atoms with Crippen molar-refractivity contribution in [3.05, 3.63) is 77.4 Å². The monoisotopic (exact) mass is 419 g/mol. The Morgan fingerprint density at radius 2 is 1.68 bits per heavy atom. The molecule has 0 aliphatic heterocycles. The number of carbonyl (C=O) groups excluding carboxylic acids is 1. The zero-order valence-electron chi connectivity index (χ0n) is 18.5. The van der Waals surface area contributed by atoms with Crippen molar-refractivity contribution in [2.45, 2.75) is 26.9 Å². The van der Waals surface area contributed by atoms with E-state index in [0.717, 1.165) is 12.0 Å². The fraction of sp³-hybridized carbons (Fsp3) is 0.280. The van der Waals surface area contributed by atoms with E-state index < -0.39 is 5.97 Å². The van der Waals surface area contributed by atoms with Gasteiger partial charge in [-0.25, -0.2) is 9.78 Å². The van der Waals surface area contributed by atoms with Crippen molar-refractivity contribution in [3.8, 4) is 11.5 Å². The van der Waals surface area contributed by atoms with E-state index in [0.29, 0.717) is 47.4 Å². The minimum absolute atomic E-state index is 0.315. The lowest BCUT2D eigenvalue weighted by atomic mass is 10.1. The summed E-state index contributed by atoms with van der Waals surface area (Å²) in [5.41, 5.74) is 2.08. The van der Waals surface area contributed by atoms with Crippen molar-refractivity contribution in [1.29, 1.82) is 0 Å². The summed E-state index contributed by atoms with van der Waals surface area (Å²) in [5.74, 6) is 1.63. The summed E-state index contributed by atoms with van der Waals surface area (Å²) < 4.78 is 11.9. The maximum atomic E-state index is 13.3. The van der Waals surface area contributed by atoms with Crippen LogP contribution in [0.4, 0.5) is 11.6 Å². The second-order valence-electron chi connectivity index (χ2n) is 7.41. The molecule has 6 nitrogen and oxygen atoms in total. The number of rotatable bonds is 9. The van der Waals surface area contributed by atoms with Crippen molar-refractivity contribution in [2.24, 2.45) is 0 Å². The number of nitrogens with zero attached hydrogens (tertiary/aromatic N) is 2. The number of para-hydroxylation sites is 1. The van der Waals surface area contributed by atoms with Gasteiger partial charge in [-0.15, -0.1) is 0 Å². The Bertz CT molecular complexity index is 1010. The minimum Gasteiger partial charge on any atom is -0.484 e. The van der Waals surface area contributed by atoms with Crippen LogP contribution in [0.2, 0.25) is 0 Å². The minimum atomic E-state index is -0.475. The first-order chi connectivity index (χ1) is 15.0. The van der Waals surface area contributed by atoms with Crippen LogP contribution in [0.15, 0.2) is 60.7 Å². The first-order valence-corrected chi connectivity index (χ1v) is 10.4. The molecule has 0 spiro atoms. The molecule has 0 atom stereocenters. The van der Waals surface area contributed by atoms with Gasteiger partial charge < -0.3 is 19.7 Å². The molecule has 0 fully saturated rings. The molecule has 1 aromatic heterocycles. The van der Waals surface area contributed by atoms with Crippen LogP contribution in [0.5, 0.6) is 11.5 Å². The Morgan fingerprint density at radius 1 is 1.03 bits per heavy atom. The highest BCUT2D eigenvalue weighted by atomic mass is 16.5. The quantitative estimate of drug-likeness (QED) is 0.386. The molecule has 6 heteroatoms. The van der Waals surface area contributed by atoms with E-state index in [4.69, 9.17) is 14.5 Å². The van der Waals surface area contributed by atoms with Crippen molar-refractivity contribution >= 4 is 17.6 Å². The zero-order chi connectivity index (χ0) is 22.2. The zero-order valence-corrected chi connectivity index (χ0v) is 18.5. The Hall–Kier alpha value is -3.54. The van der Waals surface area contributed by atoms with E-state index in [9.17, 15) is 4.79 Å². The van der Waals surface area contributed by atoms with Gasteiger partial charge in [0.1, 0.15) is 23.7 Å². The molecule has 0 bridgehead atoms. The van der Waals surface area contributed by atoms with Gasteiger partial charge in [0.25, 0.3) is 0 Å². The maximum absolute atomic E-state index is 13.3. The van der Waals surface area contributed by atoms with Gasteiger partial charge in [-0.2, -0.15) is 0 Å². The molecule has 0 aliphatic carbocycles. The molecular formula is C25H29N3O3. The molecule has 0 unspecified atom stereocenters.